The molecule has 33 heavy (non-hydrogen) atoms. The molecular formula is C23H25F3N5O2+. The van der Waals surface area contributed by atoms with Crippen LogP contribution in [0.5, 0.6) is 0 Å². The maximum Gasteiger partial charge on any atom is 0.475 e. The highest BCUT2D eigenvalue weighted by Crippen LogP contribution is 2.29. The smallest absolute Gasteiger partial charge is 0.374 e. The molecule has 0 saturated carbocycles. The number of aromatic amines is 1. The van der Waals surface area contributed by atoms with Gasteiger partial charge in [0.2, 0.25) is 0 Å². The van der Waals surface area contributed by atoms with Gasteiger partial charge in [-0.15, -0.1) is 0 Å². The number of hydrogen-bond acceptors (Lipinski definition) is 4. The van der Waals surface area contributed by atoms with Crippen molar-refractivity contribution in [1.29, 1.82) is 0 Å². The molecule has 4 rings (SSSR count). The number of hydrogen-bond donors (Lipinski definition) is 0. The van der Waals surface area contributed by atoms with Crippen LogP contribution in [0.2, 0.25) is 0 Å². The molecule has 3 aromatic rings. The van der Waals surface area contributed by atoms with Crippen LogP contribution in [0.3, 0.4) is 0 Å². The van der Waals surface area contributed by atoms with Crippen LogP contribution in [0.25, 0.3) is 11.5 Å². The molecule has 1 saturated heterocycles. The normalized spacial score (nSPS) is 15.0. The lowest BCUT2D eigenvalue weighted by molar-refractivity contribution is -0.444. The van der Waals surface area contributed by atoms with Gasteiger partial charge in [-0.3, -0.25) is 4.90 Å². The largest absolute Gasteiger partial charge is 0.475 e. The Labute approximate surface area is 189 Å². The lowest BCUT2D eigenvalue weighted by Gasteiger charge is -2.37. The van der Waals surface area contributed by atoms with E-state index in [1.54, 1.807) is 29.2 Å². The third kappa shape index (κ3) is 5.33. The number of para-hydroxylation sites is 1. The molecule has 0 atom stereocenters. The van der Waals surface area contributed by atoms with Crippen LogP contribution in [0.1, 0.15) is 18.4 Å². The highest BCUT2D eigenvalue weighted by Gasteiger charge is 2.41. The number of likely N-dealkylation sites (N-methyl/N-ethyl adjacent to an activating group) is 1. The number of carbonyl (C=O) groups excluding carboxylic acids is 1. The maximum absolute atomic E-state index is 13.4. The minimum absolute atomic E-state index is 0.0700. The summed E-state index contributed by atoms with van der Waals surface area (Å²) in [5.74, 6) is -1.41. The fourth-order valence-electron chi connectivity index (χ4n) is 3.74. The molecule has 0 bridgehead atoms. The van der Waals surface area contributed by atoms with E-state index < -0.39 is 12.1 Å². The van der Waals surface area contributed by atoms with Crippen molar-refractivity contribution in [3.8, 4) is 11.5 Å². The zero-order chi connectivity index (χ0) is 23.4. The fraction of sp³-hybridized carbons (Fsp3) is 0.348. The Morgan fingerprint density at radius 2 is 1.73 bits per heavy atom. The Kier molecular flexibility index (Phi) is 6.64. The van der Waals surface area contributed by atoms with Gasteiger partial charge >= 0.3 is 24.0 Å². The Balaban J connectivity index is 1.52. The molecule has 1 N–H and O–H groups in total. The van der Waals surface area contributed by atoms with E-state index in [1.807, 2.05) is 35.2 Å². The maximum atomic E-state index is 13.4. The highest BCUT2D eigenvalue weighted by atomic mass is 19.4. The van der Waals surface area contributed by atoms with Crippen LogP contribution in [0.4, 0.5) is 23.7 Å². The Morgan fingerprint density at radius 3 is 2.30 bits per heavy atom. The first-order valence-electron chi connectivity index (χ1n) is 10.7. The molecule has 2 aromatic carbocycles. The van der Waals surface area contributed by atoms with Gasteiger partial charge in [0.25, 0.3) is 0 Å². The number of nitrogens with zero attached hydrogens (tertiary/aromatic N) is 4. The van der Waals surface area contributed by atoms with Crippen LogP contribution >= 0.6 is 0 Å². The molecular weight excluding hydrogens is 435 g/mol. The first-order chi connectivity index (χ1) is 15.8. The minimum atomic E-state index is -4.66. The van der Waals surface area contributed by atoms with Crippen LogP contribution in [-0.4, -0.2) is 53.7 Å². The number of rotatable bonds is 5. The quantitative estimate of drug-likeness (QED) is 0.579. The van der Waals surface area contributed by atoms with E-state index in [2.05, 4.69) is 22.0 Å². The first kappa shape index (κ1) is 22.8. The topological polar surface area (TPSA) is 67.0 Å². The van der Waals surface area contributed by atoms with Gasteiger partial charge in [-0.1, -0.05) is 42.4 Å². The van der Waals surface area contributed by atoms with Crippen LogP contribution in [-0.2, 0) is 12.7 Å². The van der Waals surface area contributed by atoms with E-state index in [9.17, 15) is 18.0 Å². The van der Waals surface area contributed by atoms with Gasteiger partial charge in [0.15, 0.2) is 0 Å². The van der Waals surface area contributed by atoms with Crippen molar-refractivity contribution >= 4 is 11.7 Å². The average molecular weight is 460 g/mol. The number of alkyl halides is 3. The van der Waals surface area contributed by atoms with Crippen molar-refractivity contribution in [2.75, 3.05) is 37.6 Å². The van der Waals surface area contributed by atoms with E-state index in [1.165, 1.54) is 0 Å². The summed E-state index contributed by atoms with van der Waals surface area (Å²) in [6, 6.07) is 16.2. The molecule has 0 spiro atoms. The Bertz CT molecular complexity index is 1060. The predicted octanol–water partition coefficient (Wildman–Crippen LogP) is 3.94. The van der Waals surface area contributed by atoms with Gasteiger partial charge in [0.1, 0.15) is 0 Å². The second-order valence-corrected chi connectivity index (χ2v) is 7.78. The predicted molar refractivity (Wildman–Crippen MR) is 115 cm³/mol. The lowest BCUT2D eigenvalue weighted by atomic mass is 10.1. The zero-order valence-corrected chi connectivity index (χ0v) is 18.2. The summed E-state index contributed by atoms with van der Waals surface area (Å²) in [7, 11) is 0. The number of piperazine rings is 1. The molecule has 2 amide bonds. The van der Waals surface area contributed by atoms with E-state index >= 15 is 0 Å². The number of anilines is 1. The van der Waals surface area contributed by atoms with Gasteiger partial charge in [-0.05, 0) is 36.4 Å². The molecule has 1 aliphatic heterocycles. The van der Waals surface area contributed by atoms with Crippen molar-refractivity contribution in [2.24, 2.45) is 0 Å². The van der Waals surface area contributed by atoms with Gasteiger partial charge in [-0.25, -0.2) is 4.79 Å². The van der Waals surface area contributed by atoms with Crippen LogP contribution in [0, 0.1) is 0 Å². The molecule has 0 unspecified atom stereocenters. The zero-order valence-electron chi connectivity index (χ0n) is 18.2. The molecule has 2 heterocycles. The van der Waals surface area contributed by atoms with E-state index in [4.69, 9.17) is 4.42 Å². The summed E-state index contributed by atoms with van der Waals surface area (Å²) in [5, 5.41) is 5.45. The van der Waals surface area contributed by atoms with Crippen molar-refractivity contribution < 1.29 is 27.5 Å². The third-order valence-electron chi connectivity index (χ3n) is 5.65. The second kappa shape index (κ2) is 9.62. The summed E-state index contributed by atoms with van der Waals surface area (Å²) in [6.07, 6.45) is -4.66. The van der Waals surface area contributed by atoms with E-state index in [0.29, 0.717) is 25.2 Å². The molecule has 0 aliphatic carbocycles. The van der Waals surface area contributed by atoms with Crippen molar-refractivity contribution in [2.45, 2.75) is 19.6 Å². The van der Waals surface area contributed by atoms with Crippen molar-refractivity contribution in [3.63, 3.8) is 0 Å². The Morgan fingerprint density at radius 1 is 1.06 bits per heavy atom. The van der Waals surface area contributed by atoms with Crippen LogP contribution in [0.15, 0.2) is 59.0 Å². The van der Waals surface area contributed by atoms with Gasteiger partial charge < -0.3 is 14.2 Å². The molecule has 1 aromatic heterocycles. The molecule has 10 heteroatoms. The monoisotopic (exact) mass is 460 g/mol. The standard InChI is InChI=1S/C23H24F3N5O2/c1-2-29-12-14-30(15-13-29)22(32)31(19-6-4-3-5-7-19)16-17-8-10-18(11-9-17)20-27-28-21(33-20)23(24,25)26/h3-11H,2,12-16H2,1H3/p+1. The van der Waals surface area contributed by atoms with Crippen molar-refractivity contribution in [1.82, 2.24) is 14.9 Å². The molecule has 174 valence electrons. The number of nitrogens with one attached hydrogen (secondary N) is 1. The number of aromatic nitrogens is 2. The number of urea groups is 1. The van der Waals surface area contributed by atoms with Crippen LogP contribution < -0.4 is 10.00 Å². The fourth-order valence-corrected chi connectivity index (χ4v) is 3.74. The molecule has 1 aliphatic rings. The number of H-pyrrole nitrogens is 1. The molecule has 0 radical (unpaired) electrons. The highest BCUT2D eigenvalue weighted by molar-refractivity contribution is 5.92. The summed E-state index contributed by atoms with van der Waals surface area (Å²) < 4.78 is 43.0. The summed E-state index contributed by atoms with van der Waals surface area (Å²) >= 11 is 0. The number of amides is 2. The van der Waals surface area contributed by atoms with Crippen molar-refractivity contribution in [3.05, 3.63) is 66.1 Å². The second-order valence-electron chi connectivity index (χ2n) is 7.78. The minimum Gasteiger partial charge on any atom is -0.374 e. The lowest BCUT2D eigenvalue weighted by Crippen LogP contribution is -2.52. The van der Waals surface area contributed by atoms with Gasteiger partial charge in [0, 0.05) is 37.0 Å². The average Bonchev–Trinajstić information content (AvgIpc) is 3.34. The van der Waals surface area contributed by atoms with E-state index in [-0.39, 0.29) is 11.9 Å². The third-order valence-corrected chi connectivity index (χ3v) is 5.65. The van der Waals surface area contributed by atoms with E-state index in [0.717, 1.165) is 30.9 Å². The molecule has 7 nitrogen and oxygen atoms in total. The summed E-state index contributed by atoms with van der Waals surface area (Å²) in [4.78, 5) is 19.3. The molecule has 1 fully saturated rings. The number of carbonyl (C=O) groups is 1. The Hall–Kier alpha value is -3.40. The summed E-state index contributed by atoms with van der Waals surface area (Å²) in [6.45, 7) is 6.41. The number of benzene rings is 2. The summed E-state index contributed by atoms with van der Waals surface area (Å²) in [5.41, 5.74) is 2.04. The van der Waals surface area contributed by atoms with Gasteiger partial charge in [-0.2, -0.15) is 13.2 Å². The van der Waals surface area contributed by atoms with Gasteiger partial charge in [0.05, 0.1) is 12.1 Å². The number of halogens is 3. The first-order valence-corrected chi connectivity index (χ1v) is 10.7. The SMILES string of the molecule is CCN1CCN(C(=O)N(Cc2ccc(-c3[nH+]nc(C(F)(F)F)o3)cc2)c2ccccc2)CC1.